The van der Waals surface area contributed by atoms with Crippen LogP contribution in [0.4, 0.5) is 8.78 Å². The fourth-order valence-corrected chi connectivity index (χ4v) is 4.06. The third-order valence-corrected chi connectivity index (χ3v) is 5.54. The van der Waals surface area contributed by atoms with Crippen molar-refractivity contribution < 1.29 is 8.78 Å². The fraction of sp³-hybridized carbons (Fsp3) is 0.571. The molecule has 0 aromatic heterocycles. The Balaban J connectivity index is 2.32. The van der Waals surface area contributed by atoms with Gasteiger partial charge in [0, 0.05) is 16.5 Å². The number of benzene rings is 1. The van der Waals surface area contributed by atoms with Gasteiger partial charge in [0.15, 0.2) is 0 Å². The zero-order valence-electron chi connectivity index (χ0n) is 9.98. The number of rotatable bonds is 3. The van der Waals surface area contributed by atoms with Crippen molar-refractivity contribution in [2.45, 2.75) is 43.9 Å². The lowest BCUT2D eigenvalue weighted by molar-refractivity contribution is 0.275. The van der Waals surface area contributed by atoms with Crippen LogP contribution >= 0.6 is 15.9 Å². The first-order valence-electron chi connectivity index (χ1n) is 6.18. The van der Waals surface area contributed by atoms with Crippen LogP contribution in [0.5, 0.6) is 0 Å². The Hall–Kier alpha value is -0.440. The Bertz CT molecular complexity index is 397. The summed E-state index contributed by atoms with van der Waals surface area (Å²) in [7, 11) is 0. The largest absolute Gasteiger partial charge is 0.207 e. The Morgan fingerprint density at radius 3 is 2.47 bits per heavy atom. The second kappa shape index (κ2) is 5.05. The number of halogens is 3. The molecule has 3 heteroatoms. The molecule has 94 valence electrons. The Kier molecular flexibility index (Phi) is 3.86. The first-order valence-corrected chi connectivity index (χ1v) is 7.10. The van der Waals surface area contributed by atoms with E-state index < -0.39 is 11.6 Å². The van der Waals surface area contributed by atoms with E-state index in [4.69, 9.17) is 0 Å². The highest BCUT2D eigenvalue weighted by Gasteiger charge is 2.40. The summed E-state index contributed by atoms with van der Waals surface area (Å²) in [5.74, 6) is -0.950. The van der Waals surface area contributed by atoms with Crippen molar-refractivity contribution in [1.29, 1.82) is 0 Å². The predicted octanol–water partition coefficient (Wildman–Crippen LogP) is 5.37. The van der Waals surface area contributed by atoms with E-state index in [1.165, 1.54) is 18.9 Å². The van der Waals surface area contributed by atoms with Crippen LogP contribution in [0, 0.1) is 17.0 Å². The van der Waals surface area contributed by atoms with Crippen LogP contribution in [0.3, 0.4) is 0 Å². The van der Waals surface area contributed by atoms with Gasteiger partial charge in [0.2, 0.25) is 0 Å². The molecular weight excluding hydrogens is 286 g/mol. The summed E-state index contributed by atoms with van der Waals surface area (Å²) in [6, 6.07) is 3.88. The molecule has 0 amide bonds. The summed E-state index contributed by atoms with van der Waals surface area (Å²) in [6.45, 7) is 2.15. The second-order valence-corrected chi connectivity index (χ2v) is 5.87. The van der Waals surface area contributed by atoms with E-state index in [0.717, 1.165) is 25.3 Å². The molecule has 0 spiro atoms. The molecule has 1 atom stereocenters. The third-order valence-electron chi connectivity index (χ3n) is 4.08. The molecule has 0 saturated heterocycles. The normalized spacial score (nSPS) is 20.5. The van der Waals surface area contributed by atoms with Gasteiger partial charge in [0.1, 0.15) is 11.6 Å². The lowest BCUT2D eigenvalue weighted by Crippen LogP contribution is -2.22. The van der Waals surface area contributed by atoms with Crippen molar-refractivity contribution in [3.8, 4) is 0 Å². The molecule has 17 heavy (non-hydrogen) atoms. The maximum absolute atomic E-state index is 13.8. The Morgan fingerprint density at radius 2 is 1.94 bits per heavy atom. The lowest BCUT2D eigenvalue weighted by atomic mass is 9.77. The van der Waals surface area contributed by atoms with E-state index in [9.17, 15) is 8.78 Å². The molecule has 1 aliphatic carbocycles. The van der Waals surface area contributed by atoms with E-state index >= 15 is 0 Å². The molecule has 1 aromatic rings. The van der Waals surface area contributed by atoms with Crippen molar-refractivity contribution in [2.24, 2.45) is 5.41 Å². The van der Waals surface area contributed by atoms with Crippen LogP contribution in [-0.4, -0.2) is 0 Å². The van der Waals surface area contributed by atoms with Gasteiger partial charge in [-0.1, -0.05) is 41.8 Å². The van der Waals surface area contributed by atoms with Crippen molar-refractivity contribution in [2.75, 3.05) is 0 Å². The maximum atomic E-state index is 13.8. The quantitative estimate of drug-likeness (QED) is 0.658. The smallest absolute Gasteiger partial charge is 0.130 e. The summed E-state index contributed by atoms with van der Waals surface area (Å²) >= 11 is 3.64. The predicted molar refractivity (Wildman–Crippen MR) is 69.2 cm³/mol. The van der Waals surface area contributed by atoms with Gasteiger partial charge in [-0.15, -0.1) is 0 Å². The van der Waals surface area contributed by atoms with E-state index in [-0.39, 0.29) is 10.2 Å². The Labute approximate surface area is 110 Å². The van der Waals surface area contributed by atoms with Crippen molar-refractivity contribution >= 4 is 15.9 Å². The molecule has 1 aliphatic rings. The highest BCUT2D eigenvalue weighted by atomic mass is 79.9. The summed E-state index contributed by atoms with van der Waals surface area (Å²) in [4.78, 5) is -0.0110. The van der Waals surface area contributed by atoms with E-state index in [2.05, 4.69) is 22.9 Å². The van der Waals surface area contributed by atoms with Crippen LogP contribution in [0.15, 0.2) is 18.2 Å². The maximum Gasteiger partial charge on any atom is 0.130 e. The van der Waals surface area contributed by atoms with E-state index in [1.54, 1.807) is 6.07 Å². The van der Waals surface area contributed by atoms with Gasteiger partial charge >= 0.3 is 0 Å². The summed E-state index contributed by atoms with van der Waals surface area (Å²) < 4.78 is 26.7. The standard InChI is InChI=1S/C14H17BrF2/c1-2-14(7-3-4-8-14)13(15)11-6-5-10(16)9-12(11)17/h5-6,9,13H,2-4,7-8H2,1H3. The second-order valence-electron chi connectivity index (χ2n) is 4.95. The lowest BCUT2D eigenvalue weighted by Gasteiger charge is -2.33. The van der Waals surface area contributed by atoms with Crippen LogP contribution in [0.25, 0.3) is 0 Å². The summed E-state index contributed by atoms with van der Waals surface area (Å²) in [5.41, 5.74) is 0.730. The molecule has 0 radical (unpaired) electrons. The number of hydrogen-bond acceptors (Lipinski definition) is 0. The van der Waals surface area contributed by atoms with Gasteiger partial charge < -0.3 is 0 Å². The van der Waals surface area contributed by atoms with Gasteiger partial charge in [0.25, 0.3) is 0 Å². The van der Waals surface area contributed by atoms with Gasteiger partial charge in [-0.25, -0.2) is 8.78 Å². The fourth-order valence-electron chi connectivity index (χ4n) is 2.90. The van der Waals surface area contributed by atoms with Crippen molar-refractivity contribution in [3.63, 3.8) is 0 Å². The van der Waals surface area contributed by atoms with E-state index in [1.807, 2.05) is 0 Å². The van der Waals surface area contributed by atoms with Crippen LogP contribution in [0.2, 0.25) is 0 Å². The average molecular weight is 303 g/mol. The van der Waals surface area contributed by atoms with Gasteiger partial charge in [-0.2, -0.15) is 0 Å². The van der Waals surface area contributed by atoms with Crippen LogP contribution < -0.4 is 0 Å². The minimum absolute atomic E-state index is 0.0110. The molecule has 0 nitrogen and oxygen atoms in total. The Morgan fingerprint density at radius 1 is 1.29 bits per heavy atom. The SMILES string of the molecule is CCC1(C(Br)c2ccc(F)cc2F)CCCC1. The number of hydrogen-bond donors (Lipinski definition) is 0. The van der Waals surface area contributed by atoms with Gasteiger partial charge in [0.05, 0.1) is 0 Å². The highest BCUT2D eigenvalue weighted by Crippen LogP contribution is 2.54. The molecule has 1 fully saturated rings. The minimum atomic E-state index is -0.511. The third kappa shape index (κ3) is 2.40. The van der Waals surface area contributed by atoms with Crippen LogP contribution in [-0.2, 0) is 0 Å². The highest BCUT2D eigenvalue weighted by molar-refractivity contribution is 9.09. The number of alkyl halides is 1. The molecule has 0 N–H and O–H groups in total. The molecule has 2 rings (SSSR count). The molecule has 1 saturated carbocycles. The first-order chi connectivity index (χ1) is 8.09. The molecule has 0 heterocycles. The van der Waals surface area contributed by atoms with Gasteiger partial charge in [-0.3, -0.25) is 0 Å². The average Bonchev–Trinajstić information content (AvgIpc) is 2.78. The molecule has 0 aliphatic heterocycles. The minimum Gasteiger partial charge on any atom is -0.207 e. The van der Waals surface area contributed by atoms with Crippen LogP contribution in [0.1, 0.15) is 49.4 Å². The van der Waals surface area contributed by atoms with Gasteiger partial charge in [-0.05, 0) is 30.7 Å². The molecular formula is C14H17BrF2. The van der Waals surface area contributed by atoms with Crippen molar-refractivity contribution in [1.82, 2.24) is 0 Å². The zero-order chi connectivity index (χ0) is 12.5. The molecule has 1 aromatic carbocycles. The topological polar surface area (TPSA) is 0 Å². The molecule has 0 bridgehead atoms. The monoisotopic (exact) mass is 302 g/mol. The van der Waals surface area contributed by atoms with Crippen molar-refractivity contribution in [3.05, 3.63) is 35.4 Å². The zero-order valence-corrected chi connectivity index (χ0v) is 11.6. The summed E-state index contributed by atoms with van der Waals surface area (Å²) in [5, 5.41) is 0. The first kappa shape index (κ1) is 13.0. The molecule has 1 unspecified atom stereocenters. The summed E-state index contributed by atoms with van der Waals surface area (Å²) in [6.07, 6.45) is 5.68. The van der Waals surface area contributed by atoms with E-state index in [0.29, 0.717) is 5.56 Å².